The molecule has 0 bridgehead atoms. The number of nitrogens with zero attached hydrogens (tertiary/aromatic N) is 1. The van der Waals surface area contributed by atoms with Crippen LogP contribution in [0.4, 0.5) is 0 Å². The van der Waals surface area contributed by atoms with Gasteiger partial charge in [-0.3, -0.25) is 4.98 Å². The van der Waals surface area contributed by atoms with Gasteiger partial charge in [-0.1, -0.05) is 17.7 Å². The molecule has 0 amide bonds. The third-order valence-electron chi connectivity index (χ3n) is 1.80. The van der Waals surface area contributed by atoms with E-state index in [0.717, 1.165) is 21.5 Å². The summed E-state index contributed by atoms with van der Waals surface area (Å²) in [4.78, 5) is 4.19. The summed E-state index contributed by atoms with van der Waals surface area (Å²) in [5.74, 6) is 0. The zero-order valence-electron chi connectivity index (χ0n) is 6.42. The molecule has 0 unspecified atom stereocenters. The first-order valence-corrected chi connectivity index (χ1v) is 4.02. The number of benzene rings is 1. The van der Waals surface area contributed by atoms with Crippen LogP contribution in [0.15, 0.2) is 30.5 Å². The van der Waals surface area contributed by atoms with Gasteiger partial charge in [-0.2, -0.15) is 0 Å². The van der Waals surface area contributed by atoms with Gasteiger partial charge in [-0.05, 0) is 30.7 Å². The second-order valence-corrected chi connectivity index (χ2v) is 3.01. The molecule has 0 aliphatic heterocycles. The van der Waals surface area contributed by atoms with E-state index in [9.17, 15) is 0 Å². The molecule has 2 aromatic rings. The van der Waals surface area contributed by atoms with E-state index < -0.39 is 0 Å². The number of hydrogen-bond acceptors (Lipinski definition) is 1. The minimum absolute atomic E-state index is 0.727. The van der Waals surface area contributed by atoms with Crippen LogP contribution in [0, 0.1) is 6.92 Å². The van der Waals surface area contributed by atoms with Crippen LogP contribution in [-0.4, -0.2) is 4.98 Å². The van der Waals surface area contributed by atoms with E-state index in [4.69, 9.17) is 11.6 Å². The number of rotatable bonds is 0. The Bertz CT molecular complexity index is 383. The average Bonchev–Trinajstić information content (AvgIpc) is 2.12. The van der Waals surface area contributed by atoms with Crippen molar-refractivity contribution in [3.63, 3.8) is 0 Å². The number of fused-ring (bicyclic) bond motifs is 1. The molecule has 0 aliphatic carbocycles. The number of halogens is 1. The third-order valence-corrected chi connectivity index (χ3v) is 2.13. The molecule has 0 spiro atoms. The summed E-state index contributed by atoms with van der Waals surface area (Å²) in [6.07, 6.45) is 1.74. The van der Waals surface area contributed by atoms with Crippen molar-refractivity contribution < 1.29 is 0 Å². The summed E-state index contributed by atoms with van der Waals surface area (Å²) < 4.78 is 0. The fourth-order valence-corrected chi connectivity index (χ4v) is 1.41. The maximum Gasteiger partial charge on any atom is 0.0748 e. The van der Waals surface area contributed by atoms with Crippen molar-refractivity contribution in [3.05, 3.63) is 48.0 Å². The van der Waals surface area contributed by atoms with E-state index >= 15 is 0 Å². The molecule has 0 aliphatic rings. The molecule has 0 N–H and O–H groups in total. The molecular formula is C10H7ClN. The molecule has 0 atom stereocenters. The monoisotopic (exact) mass is 176 g/mol. The smallest absolute Gasteiger partial charge is 0.0748 e. The highest BCUT2D eigenvalue weighted by molar-refractivity contribution is 6.35. The van der Waals surface area contributed by atoms with Crippen LogP contribution >= 0.6 is 11.6 Å². The Kier molecular flexibility index (Phi) is 1.74. The predicted molar refractivity (Wildman–Crippen MR) is 51.2 cm³/mol. The summed E-state index contributed by atoms with van der Waals surface area (Å²) in [5, 5.41) is 1.69. The van der Waals surface area contributed by atoms with E-state index in [1.807, 2.05) is 24.3 Å². The highest BCUT2D eigenvalue weighted by Crippen LogP contribution is 2.23. The van der Waals surface area contributed by atoms with Crippen molar-refractivity contribution in [3.8, 4) is 0 Å². The Hall–Kier alpha value is -1.08. The van der Waals surface area contributed by atoms with Crippen molar-refractivity contribution in [1.29, 1.82) is 0 Å². The topological polar surface area (TPSA) is 12.9 Å². The van der Waals surface area contributed by atoms with Gasteiger partial charge in [0.2, 0.25) is 0 Å². The standard InChI is InChI=1S/C10H7ClN/c1-7-4-5-9(11)8-3-2-6-12-10(7)8/h2-6H,1H2. The molecule has 1 heterocycles. The van der Waals surface area contributed by atoms with Gasteiger partial charge in [0.1, 0.15) is 0 Å². The lowest BCUT2D eigenvalue weighted by Crippen LogP contribution is -1.82. The van der Waals surface area contributed by atoms with E-state index in [0.29, 0.717) is 0 Å². The lowest BCUT2D eigenvalue weighted by molar-refractivity contribution is 1.40. The van der Waals surface area contributed by atoms with Crippen LogP contribution in [0.5, 0.6) is 0 Å². The number of hydrogen-bond donors (Lipinski definition) is 0. The van der Waals surface area contributed by atoms with Crippen molar-refractivity contribution in [2.75, 3.05) is 0 Å². The van der Waals surface area contributed by atoms with Crippen molar-refractivity contribution in [1.82, 2.24) is 4.98 Å². The second-order valence-electron chi connectivity index (χ2n) is 2.61. The predicted octanol–water partition coefficient (Wildman–Crippen LogP) is 3.07. The largest absolute Gasteiger partial charge is 0.256 e. The van der Waals surface area contributed by atoms with Crippen molar-refractivity contribution in [2.24, 2.45) is 0 Å². The van der Waals surface area contributed by atoms with E-state index in [1.165, 1.54) is 0 Å². The Labute approximate surface area is 76.0 Å². The molecule has 12 heavy (non-hydrogen) atoms. The van der Waals surface area contributed by atoms with Gasteiger partial charge in [0.15, 0.2) is 0 Å². The van der Waals surface area contributed by atoms with E-state index in [1.54, 1.807) is 6.20 Å². The van der Waals surface area contributed by atoms with Crippen molar-refractivity contribution in [2.45, 2.75) is 0 Å². The van der Waals surface area contributed by atoms with Crippen LogP contribution in [0.1, 0.15) is 5.56 Å². The Morgan fingerprint density at radius 3 is 2.83 bits per heavy atom. The first-order valence-electron chi connectivity index (χ1n) is 3.64. The summed E-state index contributed by atoms with van der Waals surface area (Å²) in [5.41, 5.74) is 1.79. The normalized spacial score (nSPS) is 10.5. The zero-order chi connectivity index (χ0) is 8.55. The third kappa shape index (κ3) is 1.07. The summed E-state index contributed by atoms with van der Waals surface area (Å²) in [6.45, 7) is 3.87. The maximum absolute atomic E-state index is 5.96. The molecule has 1 radical (unpaired) electrons. The van der Waals surface area contributed by atoms with Gasteiger partial charge < -0.3 is 0 Å². The van der Waals surface area contributed by atoms with Gasteiger partial charge in [-0.25, -0.2) is 0 Å². The zero-order valence-corrected chi connectivity index (χ0v) is 7.17. The highest BCUT2D eigenvalue weighted by Gasteiger charge is 2.00. The van der Waals surface area contributed by atoms with Gasteiger partial charge in [0, 0.05) is 16.6 Å². The summed E-state index contributed by atoms with van der Waals surface area (Å²) in [6, 6.07) is 7.53. The average molecular weight is 177 g/mol. The Balaban J connectivity index is 2.95. The molecule has 1 nitrogen and oxygen atoms in total. The van der Waals surface area contributed by atoms with Crippen LogP contribution in [0.2, 0.25) is 5.02 Å². The van der Waals surface area contributed by atoms with Crippen LogP contribution in [0.3, 0.4) is 0 Å². The van der Waals surface area contributed by atoms with Crippen LogP contribution < -0.4 is 0 Å². The molecule has 2 rings (SSSR count). The first-order chi connectivity index (χ1) is 5.79. The molecule has 1 aromatic heterocycles. The Morgan fingerprint density at radius 1 is 1.25 bits per heavy atom. The highest BCUT2D eigenvalue weighted by atomic mass is 35.5. The van der Waals surface area contributed by atoms with E-state index in [2.05, 4.69) is 11.9 Å². The Morgan fingerprint density at radius 2 is 2.08 bits per heavy atom. The van der Waals surface area contributed by atoms with Gasteiger partial charge >= 0.3 is 0 Å². The fourth-order valence-electron chi connectivity index (χ4n) is 1.20. The molecule has 1 aromatic carbocycles. The van der Waals surface area contributed by atoms with Gasteiger partial charge in [0.25, 0.3) is 0 Å². The minimum atomic E-state index is 0.727. The molecular weight excluding hydrogens is 170 g/mol. The first kappa shape index (κ1) is 7.56. The SMILES string of the molecule is [CH2]c1ccc(Cl)c2cccnc12. The van der Waals surface area contributed by atoms with Crippen molar-refractivity contribution >= 4 is 22.5 Å². The van der Waals surface area contributed by atoms with Gasteiger partial charge in [-0.15, -0.1) is 0 Å². The lowest BCUT2D eigenvalue weighted by Gasteiger charge is -2.01. The molecule has 0 saturated heterocycles. The molecule has 59 valence electrons. The number of pyridine rings is 1. The quantitative estimate of drug-likeness (QED) is 0.601. The minimum Gasteiger partial charge on any atom is -0.256 e. The second kappa shape index (κ2) is 2.76. The molecule has 0 saturated carbocycles. The lowest BCUT2D eigenvalue weighted by atomic mass is 10.1. The molecule has 2 heteroatoms. The van der Waals surface area contributed by atoms with Crippen LogP contribution in [0.25, 0.3) is 10.9 Å². The van der Waals surface area contributed by atoms with Crippen LogP contribution in [-0.2, 0) is 0 Å². The maximum atomic E-state index is 5.96. The van der Waals surface area contributed by atoms with E-state index in [-0.39, 0.29) is 0 Å². The fraction of sp³-hybridized carbons (Fsp3) is 0. The summed E-state index contributed by atoms with van der Waals surface area (Å²) in [7, 11) is 0. The number of aromatic nitrogens is 1. The summed E-state index contributed by atoms with van der Waals surface area (Å²) >= 11 is 5.96. The van der Waals surface area contributed by atoms with Gasteiger partial charge in [0.05, 0.1) is 5.52 Å². The molecule has 0 fully saturated rings.